The van der Waals surface area contributed by atoms with Crippen molar-refractivity contribution in [2.45, 2.75) is 4.90 Å². The van der Waals surface area contributed by atoms with Gasteiger partial charge in [-0.2, -0.15) is 18.2 Å². The Labute approximate surface area is 164 Å². The van der Waals surface area contributed by atoms with E-state index in [1.165, 1.54) is 12.1 Å². The standard InChI is InChI=1S/C19H22N4O4S/c1-23(2)16-7-3-14(4-8-16)18-13-21-19(26-18)15-5-9-17(10-6-15)28(24,25)27-22-12-11-20/h3-10,13,22H,11-12,20H2,1-2H3. The van der Waals surface area contributed by atoms with Crippen LogP contribution in [-0.4, -0.2) is 40.6 Å². The topological polar surface area (TPSA) is 111 Å². The summed E-state index contributed by atoms with van der Waals surface area (Å²) in [6, 6.07) is 14.0. The molecule has 0 bridgehead atoms. The van der Waals surface area contributed by atoms with Crippen LogP contribution in [0.1, 0.15) is 0 Å². The minimum atomic E-state index is -3.90. The molecule has 0 atom stereocenters. The molecule has 0 aliphatic heterocycles. The molecule has 3 aromatic rings. The summed E-state index contributed by atoms with van der Waals surface area (Å²) in [7, 11) is 0.0518. The minimum Gasteiger partial charge on any atom is -0.436 e. The third-order valence-electron chi connectivity index (χ3n) is 3.98. The molecule has 0 saturated carbocycles. The molecule has 0 aliphatic carbocycles. The quantitative estimate of drug-likeness (QED) is 0.436. The van der Waals surface area contributed by atoms with Gasteiger partial charge in [0.15, 0.2) is 5.76 Å². The van der Waals surface area contributed by atoms with Gasteiger partial charge in [0.2, 0.25) is 5.89 Å². The highest BCUT2D eigenvalue weighted by Gasteiger charge is 2.16. The normalized spacial score (nSPS) is 11.5. The number of nitrogens with one attached hydrogen (secondary N) is 1. The second-order valence-electron chi connectivity index (χ2n) is 6.22. The summed E-state index contributed by atoms with van der Waals surface area (Å²) in [5.41, 5.74) is 10.2. The number of anilines is 1. The molecule has 0 fully saturated rings. The van der Waals surface area contributed by atoms with Crippen LogP contribution in [0.3, 0.4) is 0 Å². The van der Waals surface area contributed by atoms with Crippen molar-refractivity contribution < 1.29 is 17.1 Å². The summed E-state index contributed by atoms with van der Waals surface area (Å²) in [5.74, 6) is 1.03. The Morgan fingerprint density at radius 3 is 2.32 bits per heavy atom. The first-order valence-corrected chi connectivity index (χ1v) is 10.0. The monoisotopic (exact) mass is 402 g/mol. The van der Waals surface area contributed by atoms with Crippen LogP contribution in [-0.2, 0) is 14.4 Å². The van der Waals surface area contributed by atoms with Gasteiger partial charge in [-0.3, -0.25) is 0 Å². The van der Waals surface area contributed by atoms with Gasteiger partial charge in [0.1, 0.15) is 0 Å². The fraction of sp³-hybridized carbons (Fsp3) is 0.211. The van der Waals surface area contributed by atoms with Gasteiger partial charge in [-0.25, -0.2) is 4.98 Å². The van der Waals surface area contributed by atoms with Crippen LogP contribution in [0.15, 0.2) is 64.0 Å². The van der Waals surface area contributed by atoms with Gasteiger partial charge in [0.05, 0.1) is 11.1 Å². The van der Waals surface area contributed by atoms with E-state index in [-0.39, 0.29) is 18.0 Å². The smallest absolute Gasteiger partial charge is 0.312 e. The van der Waals surface area contributed by atoms with E-state index in [2.05, 4.69) is 14.7 Å². The molecule has 1 aromatic heterocycles. The fourth-order valence-electron chi connectivity index (χ4n) is 2.46. The van der Waals surface area contributed by atoms with E-state index in [1.54, 1.807) is 18.3 Å². The molecule has 0 aliphatic rings. The van der Waals surface area contributed by atoms with Crippen LogP contribution in [0.4, 0.5) is 5.69 Å². The molecule has 3 rings (SSSR count). The van der Waals surface area contributed by atoms with Gasteiger partial charge in [-0.1, -0.05) is 0 Å². The van der Waals surface area contributed by atoms with E-state index in [1.807, 2.05) is 43.3 Å². The molecule has 1 heterocycles. The fourth-order valence-corrected chi connectivity index (χ4v) is 3.26. The molecular formula is C19H22N4O4S. The van der Waals surface area contributed by atoms with Crippen molar-refractivity contribution in [2.75, 3.05) is 32.1 Å². The lowest BCUT2D eigenvalue weighted by molar-refractivity contribution is 0.207. The van der Waals surface area contributed by atoms with Gasteiger partial charge in [-0.15, -0.1) is 0 Å². The second-order valence-corrected chi connectivity index (χ2v) is 7.76. The lowest BCUT2D eigenvalue weighted by Gasteiger charge is -2.11. The van der Waals surface area contributed by atoms with Crippen LogP contribution in [0, 0.1) is 0 Å². The Hall–Kier alpha value is -2.72. The Morgan fingerprint density at radius 2 is 1.71 bits per heavy atom. The molecule has 148 valence electrons. The summed E-state index contributed by atoms with van der Waals surface area (Å²) in [5, 5.41) is 0. The molecule has 0 radical (unpaired) electrons. The molecule has 3 N–H and O–H groups in total. The number of oxazole rings is 1. The van der Waals surface area contributed by atoms with E-state index in [0.717, 1.165) is 11.3 Å². The predicted molar refractivity (Wildman–Crippen MR) is 107 cm³/mol. The third-order valence-corrected chi connectivity index (χ3v) is 5.17. The van der Waals surface area contributed by atoms with Crippen LogP contribution in [0.2, 0.25) is 0 Å². The average Bonchev–Trinajstić information content (AvgIpc) is 3.18. The summed E-state index contributed by atoms with van der Waals surface area (Å²) >= 11 is 0. The summed E-state index contributed by atoms with van der Waals surface area (Å²) in [4.78, 5) is 6.32. The molecule has 8 nitrogen and oxygen atoms in total. The number of hydroxylamine groups is 1. The lowest BCUT2D eigenvalue weighted by atomic mass is 10.1. The summed E-state index contributed by atoms with van der Waals surface area (Å²) < 4.78 is 34.6. The number of nitrogens with zero attached hydrogens (tertiary/aromatic N) is 2. The number of nitrogens with two attached hydrogens (primary N) is 1. The maximum absolute atomic E-state index is 12.1. The first kappa shape index (κ1) is 20.0. The Balaban J connectivity index is 1.76. The Kier molecular flexibility index (Phi) is 6.10. The van der Waals surface area contributed by atoms with Crippen molar-refractivity contribution in [1.82, 2.24) is 10.5 Å². The van der Waals surface area contributed by atoms with E-state index < -0.39 is 10.1 Å². The van der Waals surface area contributed by atoms with Crippen molar-refractivity contribution in [3.63, 3.8) is 0 Å². The highest BCUT2D eigenvalue weighted by Crippen LogP contribution is 2.28. The van der Waals surface area contributed by atoms with Crippen molar-refractivity contribution in [1.29, 1.82) is 0 Å². The SMILES string of the molecule is CN(C)c1ccc(-c2cnc(-c3ccc(S(=O)(=O)ONCCN)cc3)o2)cc1. The highest BCUT2D eigenvalue weighted by molar-refractivity contribution is 7.86. The number of hydrogen-bond donors (Lipinski definition) is 2. The van der Waals surface area contributed by atoms with Gasteiger partial charge in [-0.05, 0) is 48.5 Å². The van der Waals surface area contributed by atoms with E-state index in [0.29, 0.717) is 17.2 Å². The van der Waals surface area contributed by atoms with Gasteiger partial charge < -0.3 is 15.1 Å². The Morgan fingerprint density at radius 1 is 1.07 bits per heavy atom. The number of benzene rings is 2. The lowest BCUT2D eigenvalue weighted by Crippen LogP contribution is -2.26. The Bertz CT molecular complexity index is 1010. The zero-order valence-electron chi connectivity index (χ0n) is 15.6. The molecule has 0 unspecified atom stereocenters. The first-order valence-electron chi connectivity index (χ1n) is 8.61. The zero-order valence-corrected chi connectivity index (χ0v) is 16.4. The maximum atomic E-state index is 12.1. The van der Waals surface area contributed by atoms with Crippen molar-refractivity contribution >= 4 is 15.8 Å². The van der Waals surface area contributed by atoms with Crippen molar-refractivity contribution in [3.05, 3.63) is 54.7 Å². The third kappa shape index (κ3) is 4.57. The van der Waals surface area contributed by atoms with Crippen molar-refractivity contribution in [3.8, 4) is 22.8 Å². The van der Waals surface area contributed by atoms with E-state index in [9.17, 15) is 8.42 Å². The predicted octanol–water partition coefficient (Wildman–Crippen LogP) is 2.24. The number of hydrogen-bond acceptors (Lipinski definition) is 8. The van der Waals surface area contributed by atoms with Gasteiger partial charge in [0.25, 0.3) is 0 Å². The van der Waals surface area contributed by atoms with Crippen molar-refractivity contribution in [2.24, 2.45) is 5.73 Å². The molecule has 0 spiro atoms. The molecule has 2 aromatic carbocycles. The van der Waals surface area contributed by atoms with Gasteiger partial charge in [0, 0.05) is 44.0 Å². The first-order chi connectivity index (χ1) is 13.4. The van der Waals surface area contributed by atoms with Crippen LogP contribution in [0.5, 0.6) is 0 Å². The average molecular weight is 402 g/mol. The van der Waals surface area contributed by atoms with E-state index >= 15 is 0 Å². The summed E-state index contributed by atoms with van der Waals surface area (Å²) in [6.07, 6.45) is 1.64. The number of aromatic nitrogens is 1. The number of rotatable bonds is 8. The zero-order chi connectivity index (χ0) is 20.1. The maximum Gasteiger partial charge on any atom is 0.312 e. The molecular weight excluding hydrogens is 380 g/mol. The van der Waals surface area contributed by atoms with E-state index in [4.69, 9.17) is 10.2 Å². The van der Waals surface area contributed by atoms with Crippen LogP contribution >= 0.6 is 0 Å². The van der Waals surface area contributed by atoms with Gasteiger partial charge >= 0.3 is 10.1 Å². The minimum absolute atomic E-state index is 0.0202. The molecule has 9 heteroatoms. The second kappa shape index (κ2) is 8.53. The highest BCUT2D eigenvalue weighted by atomic mass is 32.2. The summed E-state index contributed by atoms with van der Waals surface area (Å²) in [6.45, 7) is 0.491. The largest absolute Gasteiger partial charge is 0.436 e. The molecule has 0 saturated heterocycles. The molecule has 0 amide bonds. The van der Waals surface area contributed by atoms with Crippen LogP contribution in [0.25, 0.3) is 22.8 Å². The molecule has 28 heavy (non-hydrogen) atoms. The van der Waals surface area contributed by atoms with Crippen LogP contribution < -0.4 is 16.1 Å².